The van der Waals surface area contributed by atoms with Crippen LogP contribution in [-0.2, 0) is 9.59 Å². The van der Waals surface area contributed by atoms with Gasteiger partial charge in [-0.2, -0.15) is 0 Å². The van der Waals surface area contributed by atoms with Crippen molar-refractivity contribution in [1.29, 1.82) is 0 Å². The summed E-state index contributed by atoms with van der Waals surface area (Å²) < 4.78 is 0. The molecule has 3 rings (SSSR count). The van der Waals surface area contributed by atoms with E-state index < -0.39 is 0 Å². The van der Waals surface area contributed by atoms with Gasteiger partial charge >= 0.3 is 6.03 Å². The first-order valence-corrected chi connectivity index (χ1v) is 10.3. The summed E-state index contributed by atoms with van der Waals surface area (Å²) in [6, 6.07) is 9.41. The third kappa shape index (κ3) is 8.11. The van der Waals surface area contributed by atoms with Gasteiger partial charge in [0.1, 0.15) is 0 Å². The molecule has 0 radical (unpaired) electrons. The minimum absolute atomic E-state index is 0.0852. The standard InChI is InChI=1S/C20H30N4O2.CH2O2/c25-19(17-22-11-6-1-2-7-12-22)23-13-8-14-24(16-15-23)20(26)21-18-9-4-3-5-10-18;2-1-3/h3-5,9-10H,1-2,6-8,11-17H2,(H,21,26);1H,(H,2,3). The fourth-order valence-corrected chi connectivity index (χ4v) is 3.68. The normalized spacial score (nSPS) is 17.9. The average Bonchev–Trinajstić information content (AvgIpc) is 3.12. The van der Waals surface area contributed by atoms with Crippen molar-refractivity contribution in [3.8, 4) is 0 Å². The lowest BCUT2D eigenvalue weighted by molar-refractivity contribution is -0.132. The van der Waals surface area contributed by atoms with Crippen molar-refractivity contribution in [1.82, 2.24) is 14.7 Å². The van der Waals surface area contributed by atoms with Gasteiger partial charge in [-0.05, 0) is 44.5 Å². The molecule has 2 aliphatic rings. The number of hydrogen-bond acceptors (Lipinski definition) is 4. The van der Waals surface area contributed by atoms with Gasteiger partial charge in [-0.25, -0.2) is 4.79 Å². The first-order valence-electron chi connectivity index (χ1n) is 10.3. The molecule has 2 aliphatic heterocycles. The minimum Gasteiger partial charge on any atom is -0.483 e. The number of likely N-dealkylation sites (tertiary alicyclic amines) is 1. The van der Waals surface area contributed by atoms with Crippen molar-refractivity contribution >= 4 is 24.1 Å². The second-order valence-corrected chi connectivity index (χ2v) is 7.31. The minimum atomic E-state index is -0.250. The van der Waals surface area contributed by atoms with Crippen molar-refractivity contribution in [3.05, 3.63) is 30.3 Å². The Morgan fingerprint density at radius 3 is 2.10 bits per heavy atom. The van der Waals surface area contributed by atoms with Crippen LogP contribution in [0.5, 0.6) is 0 Å². The fraction of sp³-hybridized carbons (Fsp3) is 0.571. The highest BCUT2D eigenvalue weighted by Crippen LogP contribution is 2.12. The molecule has 29 heavy (non-hydrogen) atoms. The number of hydrogen-bond donors (Lipinski definition) is 2. The predicted molar refractivity (Wildman–Crippen MR) is 112 cm³/mol. The number of benzene rings is 1. The summed E-state index contributed by atoms with van der Waals surface area (Å²) in [6.45, 7) is 4.97. The fourth-order valence-electron chi connectivity index (χ4n) is 3.68. The molecule has 0 saturated carbocycles. The van der Waals surface area contributed by atoms with Gasteiger partial charge in [-0.15, -0.1) is 0 Å². The lowest BCUT2D eigenvalue weighted by atomic mass is 10.2. The molecule has 2 heterocycles. The predicted octanol–water partition coefficient (Wildman–Crippen LogP) is 2.33. The van der Waals surface area contributed by atoms with Crippen LogP contribution in [0.4, 0.5) is 10.5 Å². The lowest BCUT2D eigenvalue weighted by Gasteiger charge is -2.26. The smallest absolute Gasteiger partial charge is 0.321 e. The van der Waals surface area contributed by atoms with Gasteiger partial charge in [-0.1, -0.05) is 31.0 Å². The Morgan fingerprint density at radius 2 is 1.45 bits per heavy atom. The number of anilines is 1. The number of urea groups is 1. The van der Waals surface area contributed by atoms with Crippen LogP contribution >= 0.6 is 0 Å². The Morgan fingerprint density at radius 1 is 0.862 bits per heavy atom. The maximum atomic E-state index is 12.7. The number of nitrogens with zero attached hydrogens (tertiary/aromatic N) is 3. The van der Waals surface area contributed by atoms with Gasteiger partial charge in [0, 0.05) is 31.9 Å². The Kier molecular flexibility index (Phi) is 9.99. The van der Waals surface area contributed by atoms with E-state index >= 15 is 0 Å². The van der Waals surface area contributed by atoms with E-state index in [0.717, 1.165) is 31.7 Å². The maximum Gasteiger partial charge on any atom is 0.321 e. The van der Waals surface area contributed by atoms with E-state index in [1.165, 1.54) is 25.7 Å². The summed E-state index contributed by atoms with van der Waals surface area (Å²) in [5.74, 6) is 0.206. The second-order valence-electron chi connectivity index (χ2n) is 7.31. The van der Waals surface area contributed by atoms with E-state index in [1.807, 2.05) is 40.1 Å². The van der Waals surface area contributed by atoms with Gasteiger partial charge in [0.2, 0.25) is 5.91 Å². The third-order valence-corrected chi connectivity index (χ3v) is 5.22. The molecule has 2 saturated heterocycles. The molecule has 8 heteroatoms. The summed E-state index contributed by atoms with van der Waals surface area (Å²) >= 11 is 0. The summed E-state index contributed by atoms with van der Waals surface area (Å²) in [5.41, 5.74) is 0.802. The van der Waals surface area contributed by atoms with Crippen molar-refractivity contribution in [3.63, 3.8) is 0 Å². The van der Waals surface area contributed by atoms with Crippen LogP contribution in [0.1, 0.15) is 32.1 Å². The number of carbonyl (C=O) groups is 3. The highest BCUT2D eigenvalue weighted by Gasteiger charge is 2.23. The molecule has 1 aromatic carbocycles. The first kappa shape index (κ1) is 22.7. The lowest BCUT2D eigenvalue weighted by Crippen LogP contribution is -2.43. The van der Waals surface area contributed by atoms with E-state index in [-0.39, 0.29) is 18.4 Å². The monoisotopic (exact) mass is 404 g/mol. The number of amides is 3. The molecule has 0 aliphatic carbocycles. The van der Waals surface area contributed by atoms with E-state index in [2.05, 4.69) is 10.2 Å². The molecule has 0 aromatic heterocycles. The number of rotatable bonds is 3. The number of carbonyl (C=O) groups excluding carboxylic acids is 2. The maximum absolute atomic E-state index is 12.7. The largest absolute Gasteiger partial charge is 0.483 e. The Balaban J connectivity index is 0.000000941. The molecule has 0 bridgehead atoms. The molecule has 0 unspecified atom stereocenters. The van der Waals surface area contributed by atoms with Crippen molar-refractivity contribution in [2.45, 2.75) is 32.1 Å². The third-order valence-electron chi connectivity index (χ3n) is 5.22. The van der Waals surface area contributed by atoms with Crippen LogP contribution < -0.4 is 5.32 Å². The van der Waals surface area contributed by atoms with Gasteiger partial charge in [0.15, 0.2) is 0 Å². The zero-order chi connectivity index (χ0) is 20.9. The Bertz CT molecular complexity index is 633. The molecule has 2 fully saturated rings. The van der Waals surface area contributed by atoms with Crippen LogP contribution in [0, 0.1) is 0 Å². The molecule has 0 atom stereocenters. The van der Waals surface area contributed by atoms with E-state index in [4.69, 9.17) is 9.90 Å². The molecular weight excluding hydrogens is 372 g/mol. The zero-order valence-corrected chi connectivity index (χ0v) is 17.0. The number of para-hydroxylation sites is 1. The molecule has 160 valence electrons. The van der Waals surface area contributed by atoms with Gasteiger partial charge in [-0.3, -0.25) is 14.5 Å². The highest BCUT2D eigenvalue weighted by molar-refractivity contribution is 5.89. The quantitative estimate of drug-likeness (QED) is 0.755. The van der Waals surface area contributed by atoms with Crippen molar-refractivity contribution in [2.24, 2.45) is 0 Å². The van der Waals surface area contributed by atoms with Crippen LogP contribution in [0.25, 0.3) is 0 Å². The summed E-state index contributed by atoms with van der Waals surface area (Å²) in [7, 11) is 0. The molecular formula is C21H32N4O4. The summed E-state index contributed by atoms with van der Waals surface area (Å²) in [5, 5.41) is 9.82. The topological polar surface area (TPSA) is 93.2 Å². The molecule has 2 N–H and O–H groups in total. The molecule has 8 nitrogen and oxygen atoms in total. The van der Waals surface area contributed by atoms with Crippen molar-refractivity contribution < 1.29 is 19.5 Å². The van der Waals surface area contributed by atoms with E-state index in [0.29, 0.717) is 26.2 Å². The summed E-state index contributed by atoms with van der Waals surface area (Å²) in [6.07, 6.45) is 5.77. The van der Waals surface area contributed by atoms with E-state index in [1.54, 1.807) is 0 Å². The van der Waals surface area contributed by atoms with Crippen LogP contribution in [0.2, 0.25) is 0 Å². The Labute approximate surface area is 172 Å². The molecule has 3 amide bonds. The van der Waals surface area contributed by atoms with Gasteiger partial charge < -0.3 is 20.2 Å². The zero-order valence-electron chi connectivity index (χ0n) is 17.0. The van der Waals surface area contributed by atoms with Crippen LogP contribution in [0.15, 0.2) is 30.3 Å². The number of nitrogens with one attached hydrogen (secondary N) is 1. The van der Waals surface area contributed by atoms with Crippen LogP contribution in [0.3, 0.4) is 0 Å². The second kappa shape index (κ2) is 12.8. The average molecular weight is 405 g/mol. The highest BCUT2D eigenvalue weighted by atomic mass is 16.3. The van der Waals surface area contributed by atoms with Crippen molar-refractivity contribution in [2.75, 3.05) is 51.1 Å². The van der Waals surface area contributed by atoms with Crippen LogP contribution in [-0.4, -0.2) is 84.0 Å². The Hall–Kier alpha value is -2.61. The SMILES string of the molecule is O=C(CN1CCCCCC1)N1CCCN(C(=O)Nc2ccccc2)CC1.O=CO. The number of carboxylic acid groups (broad SMARTS) is 1. The molecule has 1 aromatic rings. The van der Waals surface area contributed by atoms with E-state index in [9.17, 15) is 9.59 Å². The molecule has 0 spiro atoms. The van der Waals surface area contributed by atoms with Gasteiger partial charge in [0.05, 0.1) is 6.54 Å². The van der Waals surface area contributed by atoms with Gasteiger partial charge in [0.25, 0.3) is 6.47 Å². The first-order chi connectivity index (χ1) is 14.1. The summed E-state index contributed by atoms with van der Waals surface area (Å²) in [4.78, 5) is 39.5.